The maximum absolute atomic E-state index is 12.0. The van der Waals surface area contributed by atoms with Crippen LogP contribution in [-0.2, 0) is 4.74 Å². The van der Waals surface area contributed by atoms with E-state index in [9.17, 15) is 4.79 Å². The molecule has 0 spiro atoms. The van der Waals surface area contributed by atoms with Crippen LogP contribution >= 0.6 is 0 Å². The van der Waals surface area contributed by atoms with E-state index >= 15 is 0 Å². The maximum Gasteiger partial charge on any atom is 0.162 e. The molecule has 0 saturated heterocycles. The third-order valence-corrected chi connectivity index (χ3v) is 3.59. The molecule has 0 radical (unpaired) electrons. The lowest BCUT2D eigenvalue weighted by Gasteiger charge is -2.21. The number of Topliss-reactive ketones (excluding diaryl/α,β-unsaturated/α-hetero) is 1. The number of benzene rings is 1. The van der Waals surface area contributed by atoms with E-state index in [1.165, 1.54) is 12.8 Å². The standard InChI is InChI=1S/C16H23NO2/c1-19-13-12-17(15-9-10-15)11-5-8-16(18)14-6-3-2-4-7-14/h2-4,6-7,15H,5,8-13H2,1H3. The van der Waals surface area contributed by atoms with Gasteiger partial charge < -0.3 is 4.74 Å². The number of rotatable bonds is 9. The number of carbonyl (C=O) groups is 1. The predicted octanol–water partition coefficient (Wildman–Crippen LogP) is 2.76. The van der Waals surface area contributed by atoms with Crippen molar-refractivity contribution in [2.24, 2.45) is 0 Å². The minimum Gasteiger partial charge on any atom is -0.383 e. The predicted molar refractivity (Wildman–Crippen MR) is 76.5 cm³/mol. The average Bonchev–Trinajstić information content (AvgIpc) is 3.28. The third-order valence-electron chi connectivity index (χ3n) is 3.59. The maximum atomic E-state index is 12.0. The van der Waals surface area contributed by atoms with Crippen molar-refractivity contribution >= 4 is 5.78 Å². The van der Waals surface area contributed by atoms with Gasteiger partial charge in [0.25, 0.3) is 0 Å². The highest BCUT2D eigenvalue weighted by Crippen LogP contribution is 2.26. The van der Waals surface area contributed by atoms with Crippen LogP contribution in [0.1, 0.15) is 36.0 Å². The zero-order valence-corrected chi connectivity index (χ0v) is 11.7. The fraction of sp³-hybridized carbons (Fsp3) is 0.562. The monoisotopic (exact) mass is 261 g/mol. The van der Waals surface area contributed by atoms with Crippen LogP contribution < -0.4 is 0 Å². The van der Waals surface area contributed by atoms with Crippen molar-refractivity contribution in [3.63, 3.8) is 0 Å². The quantitative estimate of drug-likeness (QED) is 0.640. The molecule has 0 atom stereocenters. The molecular formula is C16H23NO2. The molecule has 0 bridgehead atoms. The van der Waals surface area contributed by atoms with Gasteiger partial charge in [-0.05, 0) is 25.8 Å². The van der Waals surface area contributed by atoms with Crippen LogP contribution in [0.5, 0.6) is 0 Å². The van der Waals surface area contributed by atoms with Crippen molar-refractivity contribution in [2.45, 2.75) is 31.7 Å². The van der Waals surface area contributed by atoms with Gasteiger partial charge in [-0.25, -0.2) is 0 Å². The molecule has 3 heteroatoms. The fourth-order valence-corrected chi connectivity index (χ4v) is 2.34. The highest BCUT2D eigenvalue weighted by molar-refractivity contribution is 5.95. The summed E-state index contributed by atoms with van der Waals surface area (Å²) < 4.78 is 5.14. The lowest BCUT2D eigenvalue weighted by atomic mass is 10.1. The first kappa shape index (κ1) is 14.2. The second-order valence-electron chi connectivity index (χ2n) is 5.15. The normalized spacial score (nSPS) is 14.8. The molecule has 104 valence electrons. The molecule has 3 nitrogen and oxygen atoms in total. The van der Waals surface area contributed by atoms with E-state index in [0.717, 1.165) is 37.7 Å². The van der Waals surface area contributed by atoms with Crippen LogP contribution in [0.4, 0.5) is 0 Å². The van der Waals surface area contributed by atoms with Crippen molar-refractivity contribution < 1.29 is 9.53 Å². The van der Waals surface area contributed by atoms with Gasteiger partial charge in [-0.1, -0.05) is 30.3 Å². The van der Waals surface area contributed by atoms with Crippen LogP contribution in [0.25, 0.3) is 0 Å². The SMILES string of the molecule is COCCN(CCCC(=O)c1ccccc1)C1CC1. The largest absolute Gasteiger partial charge is 0.383 e. The molecule has 1 aromatic carbocycles. The number of ether oxygens (including phenoxy) is 1. The molecule has 0 aliphatic heterocycles. The summed E-state index contributed by atoms with van der Waals surface area (Å²) in [4.78, 5) is 14.4. The third kappa shape index (κ3) is 4.77. The number of methoxy groups -OCH3 is 1. The molecule has 0 heterocycles. The molecular weight excluding hydrogens is 238 g/mol. The van der Waals surface area contributed by atoms with E-state index in [1.54, 1.807) is 7.11 Å². The van der Waals surface area contributed by atoms with Gasteiger partial charge in [-0.3, -0.25) is 9.69 Å². The Hall–Kier alpha value is -1.19. The van der Waals surface area contributed by atoms with Crippen molar-refractivity contribution in [3.8, 4) is 0 Å². The first-order valence-corrected chi connectivity index (χ1v) is 7.12. The van der Waals surface area contributed by atoms with Gasteiger partial charge in [-0.15, -0.1) is 0 Å². The molecule has 0 aromatic heterocycles. The molecule has 1 saturated carbocycles. The first-order valence-electron chi connectivity index (χ1n) is 7.12. The topological polar surface area (TPSA) is 29.5 Å². The molecule has 1 aromatic rings. The van der Waals surface area contributed by atoms with Crippen molar-refractivity contribution in [2.75, 3.05) is 26.8 Å². The Bertz CT molecular complexity index is 387. The Morgan fingerprint density at radius 1 is 1.26 bits per heavy atom. The van der Waals surface area contributed by atoms with Crippen LogP contribution in [0, 0.1) is 0 Å². The number of hydrogen-bond donors (Lipinski definition) is 0. The van der Waals surface area contributed by atoms with Gasteiger partial charge >= 0.3 is 0 Å². The fourth-order valence-electron chi connectivity index (χ4n) is 2.34. The van der Waals surface area contributed by atoms with E-state index in [4.69, 9.17) is 4.74 Å². The molecule has 2 rings (SSSR count). The smallest absolute Gasteiger partial charge is 0.162 e. The van der Waals surface area contributed by atoms with Gasteiger partial charge in [0, 0.05) is 31.7 Å². The average molecular weight is 261 g/mol. The molecule has 0 amide bonds. The van der Waals surface area contributed by atoms with E-state index in [-0.39, 0.29) is 5.78 Å². The second-order valence-corrected chi connectivity index (χ2v) is 5.15. The number of nitrogens with zero attached hydrogens (tertiary/aromatic N) is 1. The lowest BCUT2D eigenvalue weighted by molar-refractivity contribution is 0.0968. The molecule has 1 aliphatic rings. The van der Waals surface area contributed by atoms with E-state index < -0.39 is 0 Å². The minimum absolute atomic E-state index is 0.253. The van der Waals surface area contributed by atoms with Crippen LogP contribution in [0.2, 0.25) is 0 Å². The summed E-state index contributed by atoms with van der Waals surface area (Å²) in [7, 11) is 1.74. The number of ketones is 1. The van der Waals surface area contributed by atoms with Crippen molar-refractivity contribution in [1.29, 1.82) is 0 Å². The zero-order chi connectivity index (χ0) is 13.5. The molecule has 1 aliphatic carbocycles. The van der Waals surface area contributed by atoms with Gasteiger partial charge in [0.2, 0.25) is 0 Å². The van der Waals surface area contributed by atoms with Gasteiger partial charge in [0.1, 0.15) is 0 Å². The number of carbonyl (C=O) groups excluding carboxylic acids is 1. The molecule has 0 N–H and O–H groups in total. The second kappa shape index (κ2) is 7.41. The summed E-state index contributed by atoms with van der Waals surface area (Å²) in [6, 6.07) is 10.3. The first-order chi connectivity index (χ1) is 9.31. The van der Waals surface area contributed by atoms with Crippen LogP contribution in [0.3, 0.4) is 0 Å². The van der Waals surface area contributed by atoms with Gasteiger partial charge in [0.15, 0.2) is 5.78 Å². The Morgan fingerprint density at radius 2 is 2.00 bits per heavy atom. The van der Waals surface area contributed by atoms with Crippen molar-refractivity contribution in [1.82, 2.24) is 4.90 Å². The van der Waals surface area contributed by atoms with E-state index in [1.807, 2.05) is 30.3 Å². The Labute approximate surface area is 115 Å². The van der Waals surface area contributed by atoms with Crippen LogP contribution in [-0.4, -0.2) is 43.5 Å². The minimum atomic E-state index is 0.253. The number of hydrogen-bond acceptors (Lipinski definition) is 3. The van der Waals surface area contributed by atoms with E-state index in [0.29, 0.717) is 6.42 Å². The van der Waals surface area contributed by atoms with E-state index in [2.05, 4.69) is 4.90 Å². The zero-order valence-electron chi connectivity index (χ0n) is 11.7. The molecule has 1 fully saturated rings. The summed E-state index contributed by atoms with van der Waals surface area (Å²) in [6.45, 7) is 2.77. The Balaban J connectivity index is 1.71. The summed E-state index contributed by atoms with van der Waals surface area (Å²) in [5.74, 6) is 0.253. The summed E-state index contributed by atoms with van der Waals surface area (Å²) in [5.41, 5.74) is 0.831. The Kier molecular flexibility index (Phi) is 5.55. The highest BCUT2D eigenvalue weighted by atomic mass is 16.5. The Morgan fingerprint density at radius 3 is 2.63 bits per heavy atom. The molecule has 0 unspecified atom stereocenters. The van der Waals surface area contributed by atoms with Gasteiger partial charge in [0.05, 0.1) is 6.61 Å². The summed E-state index contributed by atoms with van der Waals surface area (Å²) in [5, 5.41) is 0. The molecule has 19 heavy (non-hydrogen) atoms. The van der Waals surface area contributed by atoms with Crippen LogP contribution in [0.15, 0.2) is 30.3 Å². The lowest BCUT2D eigenvalue weighted by Crippen LogP contribution is -2.30. The highest BCUT2D eigenvalue weighted by Gasteiger charge is 2.28. The summed E-state index contributed by atoms with van der Waals surface area (Å²) in [6.07, 6.45) is 4.18. The summed E-state index contributed by atoms with van der Waals surface area (Å²) >= 11 is 0. The van der Waals surface area contributed by atoms with Crippen molar-refractivity contribution in [3.05, 3.63) is 35.9 Å². The van der Waals surface area contributed by atoms with Gasteiger partial charge in [-0.2, -0.15) is 0 Å².